The molecular weight excluding hydrogens is 314 g/mol. The van der Waals surface area contributed by atoms with Gasteiger partial charge in [0.1, 0.15) is 0 Å². The van der Waals surface area contributed by atoms with Crippen LogP contribution in [0.2, 0.25) is 5.02 Å². The zero-order valence-corrected chi connectivity index (χ0v) is 14.6. The predicted octanol–water partition coefficient (Wildman–Crippen LogP) is 2.81. The summed E-state index contributed by atoms with van der Waals surface area (Å²) in [4.78, 5) is 14.4. The van der Waals surface area contributed by atoms with E-state index in [1.165, 1.54) is 0 Å². The van der Waals surface area contributed by atoms with Crippen LogP contribution in [0.15, 0.2) is 24.3 Å². The largest absolute Gasteiger partial charge is 0.381 e. The molecule has 0 aromatic heterocycles. The average molecular weight is 340 g/mol. The van der Waals surface area contributed by atoms with E-state index in [9.17, 15) is 4.79 Å². The van der Waals surface area contributed by atoms with Gasteiger partial charge in [-0.05, 0) is 51.1 Å². The summed E-state index contributed by atoms with van der Waals surface area (Å²) in [5.41, 5.74) is 1.04. The van der Waals surface area contributed by atoms with Crippen molar-refractivity contribution in [2.45, 2.75) is 31.3 Å². The maximum Gasteiger partial charge on any atom is 0.315 e. The van der Waals surface area contributed by atoms with Gasteiger partial charge in [-0.15, -0.1) is 0 Å². The van der Waals surface area contributed by atoms with Gasteiger partial charge in [-0.2, -0.15) is 0 Å². The Bertz CT molecular complexity index is 485. The van der Waals surface area contributed by atoms with Crippen molar-refractivity contribution in [2.75, 3.05) is 33.9 Å². The van der Waals surface area contributed by atoms with E-state index in [1.54, 1.807) is 0 Å². The molecule has 1 aromatic carbocycles. The maximum absolute atomic E-state index is 12.3. The predicted molar refractivity (Wildman–Crippen MR) is 92.9 cm³/mol. The maximum atomic E-state index is 12.3. The van der Waals surface area contributed by atoms with Crippen molar-refractivity contribution in [3.8, 4) is 0 Å². The standard InChI is InChI=1S/C17H26ClN3O2/c1-21(2)12-16(13-5-7-14(18)8-6-13)20-17(22)19-15-4-3-10-23-11-9-15/h5-8,15-16H,3-4,9-12H2,1-2H3,(H2,19,20,22)/t15-,16-/m0/s1. The van der Waals surface area contributed by atoms with Crippen LogP contribution in [0, 0.1) is 0 Å². The molecule has 0 unspecified atom stereocenters. The molecule has 1 aliphatic heterocycles. The monoisotopic (exact) mass is 339 g/mol. The highest BCUT2D eigenvalue weighted by molar-refractivity contribution is 6.30. The molecule has 0 radical (unpaired) electrons. The quantitative estimate of drug-likeness (QED) is 0.867. The number of carbonyl (C=O) groups excluding carboxylic acids is 1. The van der Waals surface area contributed by atoms with Crippen molar-refractivity contribution in [3.05, 3.63) is 34.9 Å². The molecule has 1 aliphatic rings. The van der Waals surface area contributed by atoms with Gasteiger partial charge in [-0.1, -0.05) is 23.7 Å². The van der Waals surface area contributed by atoms with E-state index in [0.717, 1.165) is 38.0 Å². The zero-order chi connectivity index (χ0) is 16.7. The smallest absolute Gasteiger partial charge is 0.315 e. The topological polar surface area (TPSA) is 53.6 Å². The van der Waals surface area contributed by atoms with E-state index in [2.05, 4.69) is 15.5 Å². The normalized spacial score (nSPS) is 19.9. The van der Waals surface area contributed by atoms with Crippen LogP contribution in [-0.4, -0.2) is 50.8 Å². The second-order valence-corrected chi connectivity index (χ2v) is 6.66. The first-order valence-electron chi connectivity index (χ1n) is 8.09. The molecule has 5 nitrogen and oxygen atoms in total. The van der Waals surface area contributed by atoms with Crippen molar-refractivity contribution >= 4 is 17.6 Å². The molecule has 1 heterocycles. The van der Waals surface area contributed by atoms with Gasteiger partial charge in [0.15, 0.2) is 0 Å². The SMILES string of the molecule is CN(C)C[C@H](NC(=O)N[C@H]1CCCOCC1)c1ccc(Cl)cc1. The lowest BCUT2D eigenvalue weighted by Gasteiger charge is -2.24. The van der Waals surface area contributed by atoms with Gasteiger partial charge >= 0.3 is 6.03 Å². The number of hydrogen-bond acceptors (Lipinski definition) is 3. The van der Waals surface area contributed by atoms with Gasteiger partial charge in [-0.25, -0.2) is 4.79 Å². The number of likely N-dealkylation sites (N-methyl/N-ethyl adjacent to an activating group) is 1. The number of rotatable bonds is 5. The first-order valence-corrected chi connectivity index (χ1v) is 8.47. The van der Waals surface area contributed by atoms with Crippen molar-refractivity contribution in [2.24, 2.45) is 0 Å². The number of nitrogens with zero attached hydrogens (tertiary/aromatic N) is 1. The van der Waals surface area contributed by atoms with Crippen LogP contribution in [0.1, 0.15) is 30.9 Å². The molecule has 128 valence electrons. The number of nitrogens with one attached hydrogen (secondary N) is 2. The third-order valence-electron chi connectivity index (χ3n) is 3.91. The Hall–Kier alpha value is -1.30. The number of ether oxygens (including phenoxy) is 1. The van der Waals surface area contributed by atoms with E-state index in [4.69, 9.17) is 16.3 Å². The highest BCUT2D eigenvalue weighted by atomic mass is 35.5. The second-order valence-electron chi connectivity index (χ2n) is 6.22. The van der Waals surface area contributed by atoms with E-state index >= 15 is 0 Å². The van der Waals surface area contributed by atoms with Crippen LogP contribution >= 0.6 is 11.6 Å². The summed E-state index contributed by atoms with van der Waals surface area (Å²) in [5, 5.41) is 6.84. The fourth-order valence-corrected chi connectivity index (χ4v) is 2.85. The molecule has 0 aliphatic carbocycles. The van der Waals surface area contributed by atoms with Gasteiger partial charge in [0, 0.05) is 30.8 Å². The van der Waals surface area contributed by atoms with Crippen molar-refractivity contribution < 1.29 is 9.53 Å². The fourth-order valence-electron chi connectivity index (χ4n) is 2.73. The van der Waals surface area contributed by atoms with Gasteiger partial charge in [0.25, 0.3) is 0 Å². The van der Waals surface area contributed by atoms with E-state index in [-0.39, 0.29) is 18.1 Å². The third-order valence-corrected chi connectivity index (χ3v) is 4.16. The molecule has 23 heavy (non-hydrogen) atoms. The zero-order valence-electron chi connectivity index (χ0n) is 13.8. The summed E-state index contributed by atoms with van der Waals surface area (Å²) >= 11 is 5.95. The Morgan fingerprint density at radius 2 is 2.04 bits per heavy atom. The minimum absolute atomic E-state index is 0.0794. The molecule has 0 saturated carbocycles. The van der Waals surface area contributed by atoms with Crippen LogP contribution in [0.25, 0.3) is 0 Å². The van der Waals surface area contributed by atoms with Gasteiger partial charge in [-0.3, -0.25) is 0 Å². The number of benzene rings is 1. The van der Waals surface area contributed by atoms with E-state index in [1.807, 2.05) is 38.4 Å². The van der Waals surface area contributed by atoms with Crippen molar-refractivity contribution in [3.63, 3.8) is 0 Å². The number of carbonyl (C=O) groups is 1. The van der Waals surface area contributed by atoms with Gasteiger partial charge < -0.3 is 20.3 Å². The average Bonchev–Trinajstić information content (AvgIpc) is 2.75. The molecule has 1 fully saturated rings. The molecule has 2 rings (SSSR count). The lowest BCUT2D eigenvalue weighted by molar-refractivity contribution is 0.142. The number of hydrogen-bond donors (Lipinski definition) is 2. The summed E-state index contributed by atoms with van der Waals surface area (Å²) in [6, 6.07) is 7.58. The van der Waals surface area contributed by atoms with Crippen LogP contribution in [0.4, 0.5) is 4.79 Å². The molecule has 6 heteroatoms. The molecule has 1 saturated heterocycles. The van der Waals surface area contributed by atoms with Crippen molar-refractivity contribution in [1.29, 1.82) is 0 Å². The van der Waals surface area contributed by atoms with E-state index < -0.39 is 0 Å². The molecule has 2 atom stereocenters. The second kappa shape index (κ2) is 9.11. The summed E-state index contributed by atoms with van der Waals surface area (Å²) < 4.78 is 5.43. The van der Waals surface area contributed by atoms with Gasteiger partial charge in [0.2, 0.25) is 0 Å². The molecular formula is C17H26ClN3O2. The lowest BCUT2D eigenvalue weighted by atomic mass is 10.1. The van der Waals surface area contributed by atoms with Crippen LogP contribution in [-0.2, 0) is 4.74 Å². The third kappa shape index (κ3) is 6.37. The number of urea groups is 1. The first kappa shape index (κ1) is 18.0. The lowest BCUT2D eigenvalue weighted by Crippen LogP contribution is -2.45. The van der Waals surface area contributed by atoms with E-state index in [0.29, 0.717) is 11.6 Å². The number of halogens is 1. The Balaban J connectivity index is 1.96. The Labute approximate surface area is 143 Å². The Morgan fingerprint density at radius 1 is 1.30 bits per heavy atom. The number of amides is 2. The summed E-state index contributed by atoms with van der Waals surface area (Å²) in [6.45, 7) is 2.22. The minimum atomic E-state index is -0.126. The molecule has 0 spiro atoms. The fraction of sp³-hybridized carbons (Fsp3) is 0.588. The summed E-state index contributed by atoms with van der Waals surface area (Å²) in [5.74, 6) is 0. The molecule has 2 N–H and O–H groups in total. The van der Waals surface area contributed by atoms with Crippen LogP contribution in [0.5, 0.6) is 0 Å². The molecule has 0 bridgehead atoms. The van der Waals surface area contributed by atoms with Crippen LogP contribution in [0.3, 0.4) is 0 Å². The first-order chi connectivity index (χ1) is 11.0. The van der Waals surface area contributed by atoms with Crippen LogP contribution < -0.4 is 10.6 Å². The minimum Gasteiger partial charge on any atom is -0.381 e. The molecule has 2 amide bonds. The summed E-state index contributed by atoms with van der Waals surface area (Å²) in [7, 11) is 3.98. The highest BCUT2D eigenvalue weighted by Crippen LogP contribution is 2.17. The summed E-state index contributed by atoms with van der Waals surface area (Å²) in [6.07, 6.45) is 2.82. The van der Waals surface area contributed by atoms with Gasteiger partial charge in [0.05, 0.1) is 6.04 Å². The Kier molecular flexibility index (Phi) is 7.15. The Morgan fingerprint density at radius 3 is 2.74 bits per heavy atom. The molecule has 1 aromatic rings. The highest BCUT2D eigenvalue weighted by Gasteiger charge is 2.19. The van der Waals surface area contributed by atoms with Crippen molar-refractivity contribution in [1.82, 2.24) is 15.5 Å².